The number of fused-ring (bicyclic) bond motifs is 3. The molecule has 0 spiro atoms. The van der Waals surface area contributed by atoms with Gasteiger partial charge in [0.05, 0.1) is 19.3 Å². The molecular formula is C19H36BNO7P2. The third-order valence-corrected chi connectivity index (χ3v) is 8.76. The van der Waals surface area contributed by atoms with E-state index in [2.05, 4.69) is 39.3 Å². The summed E-state index contributed by atoms with van der Waals surface area (Å²) in [6, 6.07) is -0.161. The average molecular weight is 463 g/mol. The fraction of sp³-hybridized carbons (Fsp3) is 0.895. The smallest absolute Gasteiger partial charge is 0.353 e. The van der Waals surface area contributed by atoms with E-state index < -0.39 is 33.8 Å². The van der Waals surface area contributed by atoms with Crippen LogP contribution in [-0.2, 0) is 32.1 Å². The normalized spacial score (nSPS) is 30.8. The van der Waals surface area contributed by atoms with E-state index in [0.717, 1.165) is 6.42 Å². The van der Waals surface area contributed by atoms with Gasteiger partial charge in [0.1, 0.15) is 19.6 Å². The van der Waals surface area contributed by atoms with Crippen LogP contribution in [0.3, 0.4) is 0 Å². The van der Waals surface area contributed by atoms with Crippen molar-refractivity contribution in [2.45, 2.75) is 83.4 Å². The summed E-state index contributed by atoms with van der Waals surface area (Å²) in [5.74, 6) is 1.40. The van der Waals surface area contributed by atoms with Crippen molar-refractivity contribution in [1.29, 1.82) is 0 Å². The Balaban J connectivity index is 2.23. The van der Waals surface area contributed by atoms with E-state index in [1.165, 1.54) is 20.0 Å². The first-order valence-corrected chi connectivity index (χ1v) is 13.2. The molecule has 0 amide bonds. The van der Waals surface area contributed by atoms with Crippen LogP contribution in [0.1, 0.15) is 47.5 Å². The van der Waals surface area contributed by atoms with Crippen LogP contribution in [0, 0.1) is 0 Å². The lowest BCUT2D eigenvalue weighted by Gasteiger charge is -2.53. The van der Waals surface area contributed by atoms with Crippen LogP contribution < -0.4 is 0 Å². The lowest BCUT2D eigenvalue weighted by molar-refractivity contribution is -0.258. The summed E-state index contributed by atoms with van der Waals surface area (Å²) in [6.45, 7) is 11.5. The Morgan fingerprint density at radius 2 is 1.90 bits per heavy atom. The Kier molecular flexibility index (Phi) is 10.0. The summed E-state index contributed by atoms with van der Waals surface area (Å²) in [4.78, 5) is 0. The van der Waals surface area contributed by atoms with E-state index in [-0.39, 0.29) is 18.2 Å². The summed E-state index contributed by atoms with van der Waals surface area (Å²) in [5.41, 5.74) is -0.863. The first kappa shape index (κ1) is 26.4. The number of nitrogens with zero attached hydrogens (tertiary/aromatic N) is 1. The highest BCUT2D eigenvalue weighted by molar-refractivity contribution is 7.57. The second-order valence-corrected chi connectivity index (χ2v) is 11.6. The van der Waals surface area contributed by atoms with Crippen LogP contribution in [0.4, 0.5) is 0 Å². The molecule has 30 heavy (non-hydrogen) atoms. The molecule has 3 rings (SSSR count). The molecule has 172 valence electrons. The number of hydrogen-bond acceptors (Lipinski definition) is 8. The van der Waals surface area contributed by atoms with Crippen molar-refractivity contribution in [3.63, 3.8) is 0 Å². The fourth-order valence-electron chi connectivity index (χ4n) is 3.67. The van der Waals surface area contributed by atoms with E-state index in [0.29, 0.717) is 19.6 Å². The topological polar surface area (TPSA) is 75.7 Å². The van der Waals surface area contributed by atoms with Crippen LogP contribution in [0.15, 0.2) is 11.9 Å². The largest absolute Gasteiger partial charge is 0.372 e. The van der Waals surface area contributed by atoms with Crippen LogP contribution in [-0.4, -0.2) is 75.8 Å². The molecule has 3 saturated heterocycles. The number of hydrogen-bond donors (Lipinski definition) is 0. The molecule has 0 saturated carbocycles. The molecule has 3 heterocycles. The molecule has 3 aliphatic heterocycles. The van der Waals surface area contributed by atoms with Gasteiger partial charge in [-0.3, -0.25) is 4.57 Å². The molecule has 8 nitrogen and oxygen atoms in total. The molecule has 0 aromatic heterocycles. The van der Waals surface area contributed by atoms with Crippen molar-refractivity contribution in [3.8, 4) is 0 Å². The number of ether oxygens (including phenoxy) is 2. The second kappa shape index (κ2) is 11.4. The van der Waals surface area contributed by atoms with Crippen molar-refractivity contribution >= 4 is 24.0 Å². The van der Waals surface area contributed by atoms with Gasteiger partial charge < -0.3 is 27.6 Å². The monoisotopic (exact) mass is 463 g/mol. The second-order valence-electron chi connectivity index (χ2n) is 8.13. The summed E-state index contributed by atoms with van der Waals surface area (Å²) in [7, 11) is 4.26. The van der Waals surface area contributed by atoms with Crippen molar-refractivity contribution < 1.29 is 32.1 Å². The Bertz CT molecular complexity index is 608. The fourth-order valence-corrected chi connectivity index (χ4v) is 6.34. The SMILES string of the molecule is [B]C1O[C@@]2(/C=C/P(=O)(OC)OC)CO[C@@H]1C(OP(OCCC)N(C(C)C)C(C)C)C2. The molecule has 3 unspecified atom stereocenters. The maximum atomic E-state index is 12.4. The van der Waals surface area contributed by atoms with Crippen LogP contribution in [0.2, 0.25) is 0 Å². The van der Waals surface area contributed by atoms with Gasteiger partial charge in [0, 0.05) is 44.5 Å². The van der Waals surface area contributed by atoms with Crippen LogP contribution >= 0.6 is 16.1 Å². The van der Waals surface area contributed by atoms with Gasteiger partial charge in [-0.2, -0.15) is 0 Å². The van der Waals surface area contributed by atoms with Crippen molar-refractivity contribution in [2.24, 2.45) is 0 Å². The summed E-state index contributed by atoms with van der Waals surface area (Å²) in [6.07, 6.45) is 2.36. The predicted octanol–water partition coefficient (Wildman–Crippen LogP) is 4.20. The van der Waals surface area contributed by atoms with Gasteiger partial charge in [-0.1, -0.05) is 6.92 Å². The molecule has 0 N–H and O–H groups in total. The van der Waals surface area contributed by atoms with Crippen LogP contribution in [0.25, 0.3) is 0 Å². The maximum absolute atomic E-state index is 12.4. The summed E-state index contributed by atoms with van der Waals surface area (Å²) in [5, 5.41) is 0. The average Bonchev–Trinajstić information content (AvgIpc) is 2.70. The molecule has 2 radical (unpaired) electrons. The highest BCUT2D eigenvalue weighted by Crippen LogP contribution is 2.53. The number of rotatable bonds is 12. The van der Waals surface area contributed by atoms with Gasteiger partial charge in [-0.25, -0.2) is 4.67 Å². The minimum Gasteiger partial charge on any atom is -0.372 e. The van der Waals surface area contributed by atoms with E-state index in [1.54, 1.807) is 6.08 Å². The van der Waals surface area contributed by atoms with E-state index in [9.17, 15) is 4.57 Å². The van der Waals surface area contributed by atoms with Gasteiger partial charge in [0.2, 0.25) is 0 Å². The van der Waals surface area contributed by atoms with Crippen molar-refractivity contribution in [1.82, 2.24) is 4.67 Å². The van der Waals surface area contributed by atoms with E-state index in [4.69, 9.17) is 35.4 Å². The van der Waals surface area contributed by atoms with Gasteiger partial charge in [0.15, 0.2) is 0 Å². The van der Waals surface area contributed by atoms with Gasteiger partial charge in [0.25, 0.3) is 8.53 Å². The lowest BCUT2D eigenvalue weighted by Crippen LogP contribution is -2.63. The zero-order valence-electron chi connectivity index (χ0n) is 19.1. The van der Waals surface area contributed by atoms with E-state index in [1.807, 2.05) is 0 Å². The zero-order chi connectivity index (χ0) is 22.5. The highest BCUT2D eigenvalue weighted by Gasteiger charge is 2.52. The quantitative estimate of drug-likeness (QED) is 0.315. The lowest BCUT2D eigenvalue weighted by atomic mass is 9.78. The Labute approximate surface area is 183 Å². The highest BCUT2D eigenvalue weighted by atomic mass is 31.2. The standard InChI is InChI=1S/C19H36BNO7P2/c1-8-10-26-29(21(14(2)3)15(4)5)28-16-12-19(9-11-30(22,23-6)24-7)13-25-17(16)18(20)27-19/h9,11,14-18H,8,10,12-13H2,1-7H3/b11-9+/t16?,17-,18?,19-,29?/m1/s1. The molecule has 2 bridgehead atoms. The first-order chi connectivity index (χ1) is 14.1. The van der Waals surface area contributed by atoms with Gasteiger partial charge in [-0.15, -0.1) is 0 Å². The Morgan fingerprint density at radius 3 is 2.40 bits per heavy atom. The molecule has 11 heteroatoms. The van der Waals surface area contributed by atoms with E-state index >= 15 is 0 Å². The van der Waals surface area contributed by atoms with Gasteiger partial charge >= 0.3 is 7.60 Å². The van der Waals surface area contributed by atoms with Gasteiger partial charge in [-0.05, 0) is 40.2 Å². The van der Waals surface area contributed by atoms with Crippen LogP contribution in [0.5, 0.6) is 0 Å². The predicted molar refractivity (Wildman–Crippen MR) is 119 cm³/mol. The molecule has 0 aromatic rings. The third-order valence-electron chi connectivity index (χ3n) is 5.08. The third kappa shape index (κ3) is 6.37. The minimum atomic E-state index is -3.34. The molecule has 3 fully saturated rings. The minimum absolute atomic E-state index is 0.253. The molecule has 0 aliphatic carbocycles. The molecule has 3 aliphatic rings. The summed E-state index contributed by atoms with van der Waals surface area (Å²) >= 11 is 0. The first-order valence-electron chi connectivity index (χ1n) is 10.4. The molecular weight excluding hydrogens is 427 g/mol. The zero-order valence-corrected chi connectivity index (χ0v) is 20.9. The maximum Gasteiger partial charge on any atom is 0.353 e. The van der Waals surface area contributed by atoms with Crippen molar-refractivity contribution in [2.75, 3.05) is 27.4 Å². The molecule has 0 aromatic carbocycles. The molecule has 5 atom stereocenters. The Hall–Kier alpha value is 0.185. The Morgan fingerprint density at radius 1 is 1.27 bits per heavy atom. The van der Waals surface area contributed by atoms with Crippen molar-refractivity contribution in [3.05, 3.63) is 11.9 Å². The summed E-state index contributed by atoms with van der Waals surface area (Å²) < 4.78 is 49.3.